The Morgan fingerprint density at radius 2 is 1.89 bits per heavy atom. The van der Waals surface area contributed by atoms with Crippen LogP contribution in [0.15, 0.2) is 11.6 Å². The molecule has 0 saturated carbocycles. The van der Waals surface area contributed by atoms with Gasteiger partial charge in [-0.15, -0.1) is 0 Å². The highest BCUT2D eigenvalue weighted by Gasteiger charge is 2.00. The van der Waals surface area contributed by atoms with Gasteiger partial charge in [0.1, 0.15) is 0 Å². The van der Waals surface area contributed by atoms with Crippen molar-refractivity contribution in [3.63, 3.8) is 0 Å². The van der Waals surface area contributed by atoms with Gasteiger partial charge in [-0.1, -0.05) is 0 Å². The fourth-order valence-electron chi connectivity index (χ4n) is 0.351. The monoisotopic (exact) mass is 132 g/mol. The lowest BCUT2D eigenvalue weighted by molar-refractivity contribution is -0.805. The van der Waals surface area contributed by atoms with Gasteiger partial charge in [0.25, 0.3) is 0 Å². The highest BCUT2D eigenvalue weighted by molar-refractivity contribution is 4.92. The van der Waals surface area contributed by atoms with Gasteiger partial charge in [-0.25, -0.2) is 0 Å². The van der Waals surface area contributed by atoms with Crippen molar-refractivity contribution in [3.05, 3.63) is 16.8 Å². The second-order valence-electron chi connectivity index (χ2n) is 1.65. The zero-order valence-corrected chi connectivity index (χ0v) is 5.35. The van der Waals surface area contributed by atoms with Gasteiger partial charge in [-0.2, -0.15) is 0 Å². The van der Waals surface area contributed by atoms with E-state index in [2.05, 4.69) is 0 Å². The molecular formula is C4H12N4O. The van der Waals surface area contributed by atoms with Crippen LogP contribution in [0.5, 0.6) is 0 Å². The molecule has 1 unspecified atom stereocenters. The Morgan fingerprint density at radius 3 is 2.00 bits per heavy atom. The van der Waals surface area contributed by atoms with E-state index in [0.717, 1.165) is 0 Å². The van der Waals surface area contributed by atoms with Gasteiger partial charge in [-0.3, -0.25) is 0 Å². The van der Waals surface area contributed by atoms with E-state index in [1.54, 1.807) is 6.92 Å². The summed E-state index contributed by atoms with van der Waals surface area (Å²) in [5.74, 6) is -0.126. The third-order valence-electron chi connectivity index (χ3n) is 0.933. The minimum atomic E-state index is -0.213. The normalized spacial score (nSPS) is 12.7. The average molecular weight is 132 g/mol. The van der Waals surface area contributed by atoms with Crippen LogP contribution < -0.4 is 22.3 Å². The summed E-state index contributed by atoms with van der Waals surface area (Å²) in [6.07, 6.45) is 0. The van der Waals surface area contributed by atoms with Gasteiger partial charge in [-0.05, 0) is 6.92 Å². The number of hydroxylamine groups is 2. The molecule has 0 rings (SSSR count). The fraction of sp³-hybridized carbons (Fsp3) is 0.500. The lowest BCUT2D eigenvalue weighted by atomic mass is 10.6. The summed E-state index contributed by atoms with van der Waals surface area (Å²) in [7, 11) is 0. The van der Waals surface area contributed by atoms with Crippen molar-refractivity contribution < 1.29 is 5.06 Å². The topological polar surface area (TPSA) is 106 Å². The number of nitrogens with one attached hydrogen (secondary N) is 1. The van der Waals surface area contributed by atoms with Gasteiger partial charge >= 0.3 is 0 Å². The van der Waals surface area contributed by atoms with Crippen LogP contribution in [0.2, 0.25) is 0 Å². The van der Waals surface area contributed by atoms with E-state index in [4.69, 9.17) is 17.2 Å². The van der Waals surface area contributed by atoms with Crippen LogP contribution in [0.25, 0.3) is 0 Å². The van der Waals surface area contributed by atoms with Gasteiger partial charge in [0.2, 0.25) is 5.82 Å². The van der Waals surface area contributed by atoms with Crippen LogP contribution in [-0.2, 0) is 0 Å². The lowest BCUT2D eigenvalue weighted by Crippen LogP contribution is -3.06. The smallest absolute Gasteiger partial charge is 0.237 e. The second-order valence-corrected chi connectivity index (χ2v) is 1.65. The molecule has 0 aliphatic rings. The molecule has 0 saturated heterocycles. The zero-order chi connectivity index (χ0) is 7.44. The van der Waals surface area contributed by atoms with Crippen LogP contribution in [0, 0.1) is 5.21 Å². The largest absolute Gasteiger partial charge is 0.628 e. The summed E-state index contributed by atoms with van der Waals surface area (Å²) < 4.78 is 0. The third kappa shape index (κ3) is 2.20. The maximum absolute atomic E-state index is 10.6. The molecule has 7 N–H and O–H groups in total. The molecule has 0 aromatic carbocycles. The van der Waals surface area contributed by atoms with Crippen molar-refractivity contribution in [2.75, 3.05) is 6.54 Å². The Morgan fingerprint density at radius 1 is 1.44 bits per heavy atom. The van der Waals surface area contributed by atoms with Crippen LogP contribution in [0.1, 0.15) is 6.92 Å². The minimum absolute atomic E-state index is 0.0301. The van der Waals surface area contributed by atoms with E-state index in [-0.39, 0.29) is 16.7 Å². The van der Waals surface area contributed by atoms with Crippen molar-refractivity contribution in [2.45, 2.75) is 6.92 Å². The van der Waals surface area contributed by atoms with E-state index in [9.17, 15) is 5.21 Å². The number of quaternary nitrogens is 1. The Labute approximate surface area is 53.7 Å². The summed E-state index contributed by atoms with van der Waals surface area (Å²) in [5, 5.41) is 10.4. The van der Waals surface area contributed by atoms with Crippen molar-refractivity contribution in [1.82, 2.24) is 0 Å². The molecule has 0 radical (unpaired) electrons. The molecule has 9 heavy (non-hydrogen) atoms. The summed E-state index contributed by atoms with van der Waals surface area (Å²) >= 11 is 0. The maximum Gasteiger partial charge on any atom is 0.237 e. The molecule has 0 spiro atoms. The first-order valence-corrected chi connectivity index (χ1v) is 2.63. The van der Waals surface area contributed by atoms with Gasteiger partial charge in [0.05, 0.1) is 6.54 Å². The molecule has 0 fully saturated rings. The second kappa shape index (κ2) is 3.16. The van der Waals surface area contributed by atoms with Crippen molar-refractivity contribution in [1.29, 1.82) is 0 Å². The first kappa shape index (κ1) is 8.06. The minimum Gasteiger partial charge on any atom is -0.628 e. The van der Waals surface area contributed by atoms with Crippen LogP contribution in [-0.4, -0.2) is 6.54 Å². The quantitative estimate of drug-likeness (QED) is 0.309. The van der Waals surface area contributed by atoms with Gasteiger partial charge in [0, 0.05) is 0 Å². The van der Waals surface area contributed by atoms with Crippen LogP contribution in [0.3, 0.4) is 0 Å². The molecule has 0 amide bonds. The molecule has 1 atom stereocenters. The Hall–Kier alpha value is -0.940. The van der Waals surface area contributed by atoms with E-state index < -0.39 is 0 Å². The summed E-state index contributed by atoms with van der Waals surface area (Å²) in [6.45, 7) is 2.03. The first-order chi connectivity index (χ1) is 4.09. The predicted octanol–water partition coefficient (Wildman–Crippen LogP) is -2.61. The Kier molecular flexibility index (Phi) is 2.83. The third-order valence-corrected chi connectivity index (χ3v) is 0.933. The van der Waals surface area contributed by atoms with Crippen molar-refractivity contribution in [2.24, 2.45) is 17.2 Å². The number of hydrogen-bond donors (Lipinski definition) is 4. The maximum atomic E-state index is 10.6. The van der Waals surface area contributed by atoms with E-state index in [1.807, 2.05) is 0 Å². The summed E-state index contributed by atoms with van der Waals surface area (Å²) in [6, 6.07) is 0. The molecular weight excluding hydrogens is 120 g/mol. The van der Waals surface area contributed by atoms with E-state index >= 15 is 0 Å². The van der Waals surface area contributed by atoms with Gasteiger partial charge in [0.15, 0.2) is 5.82 Å². The molecule has 5 heteroatoms. The molecule has 5 nitrogen and oxygen atoms in total. The van der Waals surface area contributed by atoms with E-state index in [1.165, 1.54) is 0 Å². The predicted molar refractivity (Wildman–Crippen MR) is 34.5 cm³/mol. The lowest BCUT2D eigenvalue weighted by Gasteiger charge is -2.19. The zero-order valence-electron chi connectivity index (χ0n) is 5.35. The molecule has 0 aliphatic carbocycles. The molecule has 0 aliphatic heterocycles. The first-order valence-electron chi connectivity index (χ1n) is 2.63. The van der Waals surface area contributed by atoms with Gasteiger partial charge < -0.3 is 27.5 Å². The number of nitrogens with two attached hydrogens (primary N) is 3. The molecule has 0 aromatic rings. The molecule has 54 valence electrons. The number of hydrogen-bond acceptors (Lipinski definition) is 4. The van der Waals surface area contributed by atoms with Crippen LogP contribution >= 0.6 is 0 Å². The standard InChI is InChI=1S/C4H12N4O/c1-2-8(9)4(7)3(5)6/h8H,2,5-7H2,1H3. The van der Waals surface area contributed by atoms with Crippen LogP contribution in [0.4, 0.5) is 0 Å². The molecule has 0 bridgehead atoms. The fourth-order valence-corrected chi connectivity index (χ4v) is 0.351. The average Bonchev–Trinajstić information content (AvgIpc) is 1.84. The Balaban J connectivity index is 4.02. The SMILES string of the molecule is CC[NH+]([O-])C(N)=C(N)N. The molecule has 0 aromatic heterocycles. The van der Waals surface area contributed by atoms with Crippen molar-refractivity contribution in [3.8, 4) is 0 Å². The van der Waals surface area contributed by atoms with E-state index in [0.29, 0.717) is 6.54 Å². The number of rotatable bonds is 2. The highest BCUT2D eigenvalue weighted by atomic mass is 16.5. The van der Waals surface area contributed by atoms with Crippen molar-refractivity contribution >= 4 is 0 Å². The summed E-state index contributed by atoms with van der Waals surface area (Å²) in [4.78, 5) is 0. The highest BCUT2D eigenvalue weighted by Crippen LogP contribution is 1.66. The Bertz CT molecular complexity index is 118. The summed E-state index contributed by atoms with van der Waals surface area (Å²) in [5.41, 5.74) is 15.2. The molecule has 0 heterocycles.